The molecule has 6 heteroatoms. The van der Waals surface area contributed by atoms with Gasteiger partial charge in [0.1, 0.15) is 0 Å². The third kappa shape index (κ3) is 3.20. The number of nitrogens with one attached hydrogen (secondary N) is 1. The Morgan fingerprint density at radius 2 is 1.69 bits per heavy atom. The molecule has 29 heavy (non-hydrogen) atoms. The topological polar surface area (TPSA) is 67.2 Å². The third-order valence-corrected chi connectivity index (χ3v) is 5.66. The number of fused-ring (bicyclic) bond motifs is 1. The molecular formula is C23H22N4O2. The first-order valence-electron chi connectivity index (χ1n) is 10.1. The second kappa shape index (κ2) is 7.20. The van der Waals surface area contributed by atoms with Crippen molar-refractivity contribution in [2.24, 2.45) is 0 Å². The summed E-state index contributed by atoms with van der Waals surface area (Å²) in [7, 11) is 0. The Kier molecular flexibility index (Phi) is 4.39. The summed E-state index contributed by atoms with van der Waals surface area (Å²) in [5, 5.41) is 7.60. The van der Waals surface area contributed by atoms with Crippen molar-refractivity contribution < 1.29 is 9.59 Å². The van der Waals surface area contributed by atoms with Gasteiger partial charge in [0.15, 0.2) is 5.69 Å². The van der Waals surface area contributed by atoms with Crippen LogP contribution < -0.4 is 10.2 Å². The highest BCUT2D eigenvalue weighted by Gasteiger charge is 2.27. The van der Waals surface area contributed by atoms with Crippen LogP contribution in [-0.2, 0) is 17.6 Å². The molecule has 0 saturated carbocycles. The number of carbonyl (C=O) groups is 2. The summed E-state index contributed by atoms with van der Waals surface area (Å²) in [6.45, 7) is 0.758. The molecule has 0 spiro atoms. The molecule has 0 atom stereocenters. The van der Waals surface area contributed by atoms with Gasteiger partial charge in [-0.2, -0.15) is 5.10 Å². The lowest BCUT2D eigenvalue weighted by Gasteiger charge is -2.16. The number of amides is 2. The number of anilines is 2. The van der Waals surface area contributed by atoms with Crippen molar-refractivity contribution in [2.45, 2.75) is 32.1 Å². The molecule has 2 aliphatic rings. The van der Waals surface area contributed by atoms with Gasteiger partial charge in [0.25, 0.3) is 5.91 Å². The number of benzene rings is 2. The van der Waals surface area contributed by atoms with E-state index in [0.717, 1.165) is 54.9 Å². The molecule has 0 unspecified atom stereocenters. The molecule has 0 radical (unpaired) electrons. The molecule has 5 rings (SSSR count). The number of aromatic nitrogens is 2. The third-order valence-electron chi connectivity index (χ3n) is 5.66. The van der Waals surface area contributed by atoms with Crippen molar-refractivity contribution in [1.29, 1.82) is 0 Å². The quantitative estimate of drug-likeness (QED) is 0.743. The number of hydrogen-bond donors (Lipinski definition) is 1. The van der Waals surface area contributed by atoms with Crippen LogP contribution in [0.1, 0.15) is 41.0 Å². The Bertz CT molecular complexity index is 1070. The van der Waals surface area contributed by atoms with Crippen LogP contribution in [-0.4, -0.2) is 28.1 Å². The first-order chi connectivity index (χ1) is 14.2. The normalized spacial score (nSPS) is 15.6. The molecule has 1 aliphatic heterocycles. The smallest absolute Gasteiger partial charge is 0.276 e. The van der Waals surface area contributed by atoms with Crippen LogP contribution in [0.5, 0.6) is 0 Å². The van der Waals surface area contributed by atoms with Crippen LogP contribution in [0.3, 0.4) is 0 Å². The first-order valence-corrected chi connectivity index (χ1v) is 10.1. The maximum Gasteiger partial charge on any atom is 0.276 e. The Morgan fingerprint density at radius 3 is 2.41 bits per heavy atom. The molecule has 1 N–H and O–H groups in total. The second-order valence-electron chi connectivity index (χ2n) is 7.52. The molecule has 1 saturated heterocycles. The molecule has 2 heterocycles. The minimum Gasteiger partial charge on any atom is -0.321 e. The number of para-hydroxylation sites is 1. The summed E-state index contributed by atoms with van der Waals surface area (Å²) >= 11 is 0. The summed E-state index contributed by atoms with van der Waals surface area (Å²) in [6.07, 6.45) is 4.35. The monoisotopic (exact) mass is 386 g/mol. The minimum atomic E-state index is -0.192. The SMILES string of the molecule is O=C(Nc1ccc(N2CCCC2=O)cc1)c1nn(-c2ccccc2)c2c1CCC2. The van der Waals surface area contributed by atoms with Crippen molar-refractivity contribution in [3.8, 4) is 5.69 Å². The average Bonchev–Trinajstić information content (AvgIpc) is 3.46. The maximum atomic E-state index is 13.0. The summed E-state index contributed by atoms with van der Waals surface area (Å²) in [5.74, 6) is -0.0355. The van der Waals surface area contributed by atoms with Gasteiger partial charge in [-0.1, -0.05) is 18.2 Å². The van der Waals surface area contributed by atoms with E-state index < -0.39 is 0 Å². The van der Waals surface area contributed by atoms with E-state index in [0.29, 0.717) is 17.8 Å². The largest absolute Gasteiger partial charge is 0.321 e. The molecule has 6 nitrogen and oxygen atoms in total. The van der Waals surface area contributed by atoms with E-state index in [2.05, 4.69) is 10.4 Å². The molecule has 0 bridgehead atoms. The Hall–Kier alpha value is -3.41. The highest BCUT2D eigenvalue weighted by Crippen LogP contribution is 2.29. The lowest BCUT2D eigenvalue weighted by molar-refractivity contribution is -0.117. The van der Waals surface area contributed by atoms with Crippen molar-refractivity contribution in [3.05, 3.63) is 71.5 Å². The van der Waals surface area contributed by atoms with Crippen molar-refractivity contribution in [1.82, 2.24) is 9.78 Å². The predicted molar refractivity (Wildman–Crippen MR) is 112 cm³/mol. The van der Waals surface area contributed by atoms with E-state index in [9.17, 15) is 9.59 Å². The highest BCUT2D eigenvalue weighted by molar-refractivity contribution is 6.04. The summed E-state index contributed by atoms with van der Waals surface area (Å²) in [5.41, 5.74) is 5.23. The predicted octanol–water partition coefficient (Wildman–Crippen LogP) is 3.74. The summed E-state index contributed by atoms with van der Waals surface area (Å²) in [6, 6.07) is 17.4. The van der Waals surface area contributed by atoms with Crippen LogP contribution in [0.25, 0.3) is 5.69 Å². The lowest BCUT2D eigenvalue weighted by Crippen LogP contribution is -2.23. The molecule has 146 valence electrons. The van der Waals surface area contributed by atoms with Crippen molar-refractivity contribution >= 4 is 23.2 Å². The van der Waals surface area contributed by atoms with Gasteiger partial charge in [-0.3, -0.25) is 9.59 Å². The van der Waals surface area contributed by atoms with Gasteiger partial charge in [0.05, 0.1) is 5.69 Å². The van der Waals surface area contributed by atoms with E-state index >= 15 is 0 Å². The maximum absolute atomic E-state index is 13.0. The highest BCUT2D eigenvalue weighted by atomic mass is 16.2. The zero-order valence-electron chi connectivity index (χ0n) is 16.1. The molecule has 2 amide bonds. The Labute approximate surface area is 169 Å². The van der Waals surface area contributed by atoms with Crippen LogP contribution in [0.4, 0.5) is 11.4 Å². The minimum absolute atomic E-state index is 0.156. The van der Waals surface area contributed by atoms with E-state index in [-0.39, 0.29) is 11.8 Å². The average molecular weight is 386 g/mol. The Morgan fingerprint density at radius 1 is 0.897 bits per heavy atom. The van der Waals surface area contributed by atoms with Crippen LogP contribution in [0, 0.1) is 0 Å². The molecular weight excluding hydrogens is 364 g/mol. The lowest BCUT2D eigenvalue weighted by atomic mass is 10.2. The van der Waals surface area contributed by atoms with Crippen LogP contribution in [0.15, 0.2) is 54.6 Å². The van der Waals surface area contributed by atoms with Gasteiger partial charge in [-0.15, -0.1) is 0 Å². The Balaban J connectivity index is 1.38. The standard InChI is InChI=1S/C23H22N4O2/c28-21-10-5-15-26(21)17-13-11-16(12-14-17)24-23(29)22-19-8-4-9-20(19)27(25-22)18-6-2-1-3-7-18/h1-3,6-7,11-14H,4-5,8-10,15H2,(H,24,29). The van der Waals surface area contributed by atoms with Gasteiger partial charge in [0, 0.05) is 35.6 Å². The summed E-state index contributed by atoms with van der Waals surface area (Å²) in [4.78, 5) is 26.6. The van der Waals surface area contributed by atoms with Crippen molar-refractivity contribution in [3.63, 3.8) is 0 Å². The molecule has 1 aliphatic carbocycles. The van der Waals surface area contributed by atoms with Gasteiger partial charge in [-0.05, 0) is 62.1 Å². The van der Waals surface area contributed by atoms with Crippen molar-refractivity contribution in [2.75, 3.05) is 16.8 Å². The van der Waals surface area contributed by atoms with Crippen LogP contribution in [0.2, 0.25) is 0 Å². The summed E-state index contributed by atoms with van der Waals surface area (Å²) < 4.78 is 1.90. The molecule has 1 aromatic heterocycles. The number of rotatable bonds is 4. The zero-order chi connectivity index (χ0) is 19.8. The first kappa shape index (κ1) is 17.7. The van der Waals surface area contributed by atoms with Gasteiger partial charge < -0.3 is 10.2 Å². The van der Waals surface area contributed by atoms with Gasteiger partial charge >= 0.3 is 0 Å². The van der Waals surface area contributed by atoms with Gasteiger partial charge in [0.2, 0.25) is 5.91 Å². The number of carbonyl (C=O) groups excluding carboxylic acids is 2. The van der Waals surface area contributed by atoms with E-state index in [1.165, 1.54) is 0 Å². The van der Waals surface area contributed by atoms with E-state index in [1.54, 1.807) is 4.90 Å². The molecule has 2 aromatic carbocycles. The second-order valence-corrected chi connectivity index (χ2v) is 7.52. The fraction of sp³-hybridized carbons (Fsp3) is 0.261. The zero-order valence-corrected chi connectivity index (χ0v) is 16.1. The van der Waals surface area contributed by atoms with Gasteiger partial charge in [-0.25, -0.2) is 4.68 Å². The van der Waals surface area contributed by atoms with E-state index in [4.69, 9.17) is 0 Å². The number of hydrogen-bond acceptors (Lipinski definition) is 3. The fourth-order valence-corrected chi connectivity index (χ4v) is 4.24. The van der Waals surface area contributed by atoms with Crippen LogP contribution >= 0.6 is 0 Å². The molecule has 3 aromatic rings. The molecule has 1 fully saturated rings. The van der Waals surface area contributed by atoms with E-state index in [1.807, 2.05) is 59.3 Å². The number of nitrogens with zero attached hydrogens (tertiary/aromatic N) is 3. The fourth-order valence-electron chi connectivity index (χ4n) is 4.24.